The van der Waals surface area contributed by atoms with Crippen molar-refractivity contribution in [2.24, 2.45) is 0 Å². The molecule has 1 fully saturated rings. The second-order valence-electron chi connectivity index (χ2n) is 6.88. The average Bonchev–Trinajstić information content (AvgIpc) is 3.26. The zero-order valence-corrected chi connectivity index (χ0v) is 18.2. The third kappa shape index (κ3) is 6.10. The molecule has 1 N–H and O–H groups in total. The highest BCUT2D eigenvalue weighted by atomic mass is 32.2. The van der Waals surface area contributed by atoms with Gasteiger partial charge in [0.25, 0.3) is 5.91 Å². The Bertz CT molecular complexity index is 875. The molecule has 158 valence electrons. The molecule has 0 radical (unpaired) electrons. The van der Waals surface area contributed by atoms with Crippen molar-refractivity contribution in [1.29, 1.82) is 0 Å². The first-order chi connectivity index (χ1) is 14.0. The molecule has 1 aliphatic heterocycles. The number of rotatable bonds is 9. The molecule has 3 rings (SSSR count). The van der Waals surface area contributed by atoms with Gasteiger partial charge in [-0.1, -0.05) is 6.07 Å². The first kappa shape index (κ1) is 21.9. The van der Waals surface area contributed by atoms with Crippen LogP contribution in [-0.4, -0.2) is 77.1 Å². The van der Waals surface area contributed by atoms with E-state index in [0.717, 1.165) is 26.1 Å². The fraction of sp³-hybridized carbons (Fsp3) is 0.450. The lowest BCUT2D eigenvalue weighted by Crippen LogP contribution is -2.49. The summed E-state index contributed by atoms with van der Waals surface area (Å²) in [5.74, 6) is -0.0563. The summed E-state index contributed by atoms with van der Waals surface area (Å²) >= 11 is 1.78. The summed E-state index contributed by atoms with van der Waals surface area (Å²) in [6.07, 6.45) is 1.04. The lowest BCUT2D eigenvalue weighted by atomic mass is 10.2. The fourth-order valence-electron chi connectivity index (χ4n) is 3.22. The number of sulfonamides is 1. The smallest absolute Gasteiger partial charge is 0.253 e. The standard InChI is InChI=1S/C20H27N3O4S2/c1-27-15-9-21-29(25,26)19-6-4-17(5-7-19)20(24)23-13-11-22(12-14-23)10-8-18-3-2-16-28-18/h2-7,16,21H,8-15H2,1H3. The van der Waals surface area contributed by atoms with Gasteiger partial charge in [-0.15, -0.1) is 11.3 Å². The number of piperazine rings is 1. The second kappa shape index (κ2) is 10.3. The van der Waals surface area contributed by atoms with Crippen LogP contribution < -0.4 is 4.72 Å². The van der Waals surface area contributed by atoms with Crippen LogP contribution in [0.1, 0.15) is 15.2 Å². The number of ether oxygens (including phenoxy) is 1. The van der Waals surface area contributed by atoms with Crippen molar-refractivity contribution in [2.45, 2.75) is 11.3 Å². The molecule has 0 spiro atoms. The molecule has 0 atom stereocenters. The van der Waals surface area contributed by atoms with E-state index < -0.39 is 10.0 Å². The Labute approximate surface area is 176 Å². The first-order valence-electron chi connectivity index (χ1n) is 9.62. The number of carbonyl (C=O) groups excluding carboxylic acids is 1. The third-order valence-corrected chi connectivity index (χ3v) is 7.34. The molecule has 2 heterocycles. The van der Waals surface area contributed by atoms with Gasteiger partial charge >= 0.3 is 0 Å². The van der Waals surface area contributed by atoms with Crippen LogP contribution in [0.3, 0.4) is 0 Å². The molecular formula is C20H27N3O4S2. The summed E-state index contributed by atoms with van der Waals surface area (Å²) in [5.41, 5.74) is 0.507. The van der Waals surface area contributed by atoms with E-state index >= 15 is 0 Å². The summed E-state index contributed by atoms with van der Waals surface area (Å²) in [6.45, 7) is 4.58. The van der Waals surface area contributed by atoms with Gasteiger partial charge in [0.05, 0.1) is 11.5 Å². The topological polar surface area (TPSA) is 78.9 Å². The molecule has 7 nitrogen and oxygen atoms in total. The molecule has 0 unspecified atom stereocenters. The van der Waals surface area contributed by atoms with E-state index in [1.165, 1.54) is 24.1 Å². The minimum Gasteiger partial charge on any atom is -0.383 e. The summed E-state index contributed by atoms with van der Waals surface area (Å²) in [4.78, 5) is 18.5. The molecule has 1 amide bonds. The predicted octanol–water partition coefficient (Wildman–Crippen LogP) is 1.67. The Morgan fingerprint density at radius 3 is 2.48 bits per heavy atom. The van der Waals surface area contributed by atoms with E-state index in [-0.39, 0.29) is 17.3 Å². The van der Waals surface area contributed by atoms with Crippen LogP contribution in [0.4, 0.5) is 0 Å². The summed E-state index contributed by atoms with van der Waals surface area (Å²) < 4.78 is 31.7. The van der Waals surface area contributed by atoms with E-state index in [0.29, 0.717) is 25.3 Å². The highest BCUT2D eigenvalue weighted by Gasteiger charge is 2.22. The molecule has 9 heteroatoms. The van der Waals surface area contributed by atoms with Crippen LogP contribution in [0.15, 0.2) is 46.7 Å². The lowest BCUT2D eigenvalue weighted by molar-refractivity contribution is 0.0638. The number of nitrogens with zero attached hydrogens (tertiary/aromatic N) is 2. The van der Waals surface area contributed by atoms with Gasteiger partial charge in [-0.05, 0) is 42.1 Å². The van der Waals surface area contributed by atoms with E-state index in [1.807, 2.05) is 4.90 Å². The fourth-order valence-corrected chi connectivity index (χ4v) is 4.93. The molecular weight excluding hydrogens is 410 g/mol. The zero-order valence-electron chi connectivity index (χ0n) is 16.5. The van der Waals surface area contributed by atoms with E-state index in [1.54, 1.807) is 23.5 Å². The van der Waals surface area contributed by atoms with Gasteiger partial charge < -0.3 is 9.64 Å². The van der Waals surface area contributed by atoms with Crippen molar-refractivity contribution in [2.75, 3.05) is 53.0 Å². The van der Waals surface area contributed by atoms with Crippen LogP contribution in [0.5, 0.6) is 0 Å². The number of methoxy groups -OCH3 is 1. The Kier molecular flexibility index (Phi) is 7.79. The normalized spacial score (nSPS) is 15.6. The van der Waals surface area contributed by atoms with Gasteiger partial charge in [0.1, 0.15) is 0 Å². The van der Waals surface area contributed by atoms with Crippen molar-refractivity contribution in [3.05, 3.63) is 52.2 Å². The van der Waals surface area contributed by atoms with Gasteiger partial charge in [-0.25, -0.2) is 13.1 Å². The molecule has 29 heavy (non-hydrogen) atoms. The lowest BCUT2D eigenvalue weighted by Gasteiger charge is -2.34. The second-order valence-corrected chi connectivity index (χ2v) is 9.68. The van der Waals surface area contributed by atoms with Crippen molar-refractivity contribution in [3.8, 4) is 0 Å². The predicted molar refractivity (Wildman–Crippen MR) is 114 cm³/mol. The molecule has 0 bridgehead atoms. The Morgan fingerprint density at radius 1 is 1.14 bits per heavy atom. The Hall–Kier alpha value is -1.78. The monoisotopic (exact) mass is 437 g/mol. The number of benzene rings is 1. The average molecular weight is 438 g/mol. The maximum Gasteiger partial charge on any atom is 0.253 e. The van der Waals surface area contributed by atoms with E-state index in [4.69, 9.17) is 4.74 Å². The number of hydrogen-bond donors (Lipinski definition) is 1. The highest BCUT2D eigenvalue weighted by molar-refractivity contribution is 7.89. The van der Waals surface area contributed by atoms with E-state index in [2.05, 4.69) is 27.1 Å². The van der Waals surface area contributed by atoms with Crippen LogP contribution >= 0.6 is 11.3 Å². The SMILES string of the molecule is COCCNS(=O)(=O)c1ccc(C(=O)N2CCN(CCc3cccs3)CC2)cc1. The van der Waals surface area contributed by atoms with Crippen LogP contribution in [-0.2, 0) is 21.2 Å². The highest BCUT2D eigenvalue weighted by Crippen LogP contribution is 2.15. The number of carbonyl (C=O) groups is 1. The minimum absolute atomic E-state index is 0.0563. The van der Waals surface area contributed by atoms with Gasteiger partial charge in [0, 0.05) is 56.8 Å². The molecule has 0 aliphatic carbocycles. The Balaban J connectivity index is 1.50. The van der Waals surface area contributed by atoms with Gasteiger partial charge in [-0.3, -0.25) is 9.69 Å². The first-order valence-corrected chi connectivity index (χ1v) is 12.0. The largest absolute Gasteiger partial charge is 0.383 e. The molecule has 1 saturated heterocycles. The quantitative estimate of drug-likeness (QED) is 0.604. The molecule has 0 saturated carbocycles. The summed E-state index contributed by atoms with van der Waals surface area (Å²) in [6, 6.07) is 10.3. The van der Waals surface area contributed by atoms with Crippen molar-refractivity contribution >= 4 is 27.3 Å². The van der Waals surface area contributed by atoms with Crippen molar-refractivity contribution < 1.29 is 17.9 Å². The van der Waals surface area contributed by atoms with Gasteiger partial charge in [-0.2, -0.15) is 0 Å². The zero-order chi connectivity index (χ0) is 20.7. The van der Waals surface area contributed by atoms with Crippen molar-refractivity contribution in [3.63, 3.8) is 0 Å². The number of nitrogens with one attached hydrogen (secondary N) is 1. The van der Waals surface area contributed by atoms with Crippen molar-refractivity contribution in [1.82, 2.24) is 14.5 Å². The minimum atomic E-state index is -3.59. The van der Waals surface area contributed by atoms with Crippen LogP contribution in [0.25, 0.3) is 0 Å². The van der Waals surface area contributed by atoms with Crippen LogP contribution in [0, 0.1) is 0 Å². The number of thiophene rings is 1. The number of hydrogen-bond acceptors (Lipinski definition) is 6. The van der Waals surface area contributed by atoms with Gasteiger partial charge in [0.2, 0.25) is 10.0 Å². The molecule has 1 aromatic carbocycles. The maximum absolute atomic E-state index is 12.8. The molecule has 1 aromatic heterocycles. The summed E-state index contributed by atoms with van der Waals surface area (Å²) in [7, 11) is -2.08. The van der Waals surface area contributed by atoms with E-state index in [9.17, 15) is 13.2 Å². The molecule has 2 aromatic rings. The maximum atomic E-state index is 12.8. The summed E-state index contributed by atoms with van der Waals surface area (Å²) in [5, 5.41) is 2.10. The third-order valence-electron chi connectivity index (χ3n) is 4.92. The number of amides is 1. The molecule has 1 aliphatic rings. The van der Waals surface area contributed by atoms with Crippen LogP contribution in [0.2, 0.25) is 0 Å². The van der Waals surface area contributed by atoms with Gasteiger partial charge in [0.15, 0.2) is 0 Å². The Morgan fingerprint density at radius 2 is 1.86 bits per heavy atom.